The van der Waals surface area contributed by atoms with Crippen molar-refractivity contribution in [1.82, 2.24) is 10.5 Å². The van der Waals surface area contributed by atoms with Crippen molar-refractivity contribution >= 4 is 0 Å². The van der Waals surface area contributed by atoms with E-state index in [1.807, 2.05) is 0 Å². The molecule has 0 fully saturated rings. The molecular formula is C7H11N3O. The zero-order valence-corrected chi connectivity index (χ0v) is 6.26. The van der Waals surface area contributed by atoms with Crippen LogP contribution >= 0.6 is 0 Å². The van der Waals surface area contributed by atoms with Crippen LogP contribution in [0.1, 0.15) is 17.0 Å². The summed E-state index contributed by atoms with van der Waals surface area (Å²) in [6.45, 7) is 2.30. The highest BCUT2D eigenvalue weighted by atomic mass is 16.5. The number of hydrogen-bond acceptors (Lipinski definition) is 4. The first kappa shape index (κ1) is 6.82. The minimum absolute atomic E-state index is 0.473. The van der Waals surface area contributed by atoms with Crippen molar-refractivity contribution in [3.8, 4) is 0 Å². The molecule has 0 aliphatic carbocycles. The predicted molar refractivity (Wildman–Crippen MR) is 39.8 cm³/mol. The molecule has 1 aliphatic heterocycles. The molecule has 0 amide bonds. The summed E-state index contributed by atoms with van der Waals surface area (Å²) in [5, 5.41) is 7.12. The van der Waals surface area contributed by atoms with Crippen LogP contribution in [-0.4, -0.2) is 11.7 Å². The summed E-state index contributed by atoms with van der Waals surface area (Å²) in [6, 6.07) is 0. The van der Waals surface area contributed by atoms with Crippen molar-refractivity contribution < 1.29 is 4.52 Å². The molecule has 1 aromatic heterocycles. The zero-order valence-electron chi connectivity index (χ0n) is 6.26. The molecule has 0 aromatic carbocycles. The average molecular weight is 153 g/mol. The molecule has 0 radical (unpaired) electrons. The van der Waals surface area contributed by atoms with E-state index >= 15 is 0 Å². The Hall–Kier alpha value is -0.870. The standard InChI is InChI=1S/C7H11N3O/c8-3-6-5-4-9-2-1-7(5)11-10-6/h9H,1-4,8H2. The number of fused-ring (bicyclic) bond motifs is 1. The van der Waals surface area contributed by atoms with Gasteiger partial charge in [-0.2, -0.15) is 0 Å². The van der Waals surface area contributed by atoms with Gasteiger partial charge in [-0.15, -0.1) is 0 Å². The van der Waals surface area contributed by atoms with Gasteiger partial charge in [0.25, 0.3) is 0 Å². The summed E-state index contributed by atoms with van der Waals surface area (Å²) in [4.78, 5) is 0. The third kappa shape index (κ3) is 1.04. The fourth-order valence-electron chi connectivity index (χ4n) is 1.35. The normalized spacial score (nSPS) is 16.5. The summed E-state index contributed by atoms with van der Waals surface area (Å²) < 4.78 is 5.11. The molecule has 11 heavy (non-hydrogen) atoms. The summed E-state index contributed by atoms with van der Waals surface area (Å²) >= 11 is 0. The molecule has 0 bridgehead atoms. The number of nitrogens with two attached hydrogens (primary N) is 1. The Bertz CT molecular complexity index is 243. The Morgan fingerprint density at radius 3 is 3.36 bits per heavy atom. The fraction of sp³-hybridized carbons (Fsp3) is 0.571. The predicted octanol–water partition coefficient (Wildman–Crippen LogP) is -0.221. The Morgan fingerprint density at radius 1 is 1.64 bits per heavy atom. The number of aromatic nitrogens is 1. The molecule has 0 saturated heterocycles. The maximum atomic E-state index is 5.47. The second-order valence-corrected chi connectivity index (χ2v) is 2.66. The van der Waals surface area contributed by atoms with E-state index in [-0.39, 0.29) is 0 Å². The van der Waals surface area contributed by atoms with Crippen LogP contribution in [0.4, 0.5) is 0 Å². The van der Waals surface area contributed by atoms with Crippen molar-refractivity contribution in [2.45, 2.75) is 19.5 Å². The Balaban J connectivity index is 2.38. The minimum Gasteiger partial charge on any atom is -0.361 e. The van der Waals surface area contributed by atoms with Crippen molar-refractivity contribution in [2.24, 2.45) is 5.73 Å². The highest BCUT2D eigenvalue weighted by Crippen LogP contribution is 2.16. The van der Waals surface area contributed by atoms with Crippen LogP contribution in [0.25, 0.3) is 0 Å². The largest absolute Gasteiger partial charge is 0.361 e. The quantitative estimate of drug-likeness (QED) is 0.585. The van der Waals surface area contributed by atoms with Gasteiger partial charge in [0.1, 0.15) is 11.5 Å². The molecule has 0 saturated carbocycles. The SMILES string of the molecule is NCc1noc2c1CNCC2. The first-order valence-corrected chi connectivity index (χ1v) is 3.79. The topological polar surface area (TPSA) is 64.1 Å². The molecule has 0 atom stereocenters. The number of rotatable bonds is 1. The molecule has 2 rings (SSSR count). The van der Waals surface area contributed by atoms with Crippen molar-refractivity contribution in [3.05, 3.63) is 17.0 Å². The summed E-state index contributed by atoms with van der Waals surface area (Å²) in [7, 11) is 0. The lowest BCUT2D eigenvalue weighted by Gasteiger charge is -2.10. The molecule has 4 nitrogen and oxygen atoms in total. The van der Waals surface area contributed by atoms with E-state index in [1.54, 1.807) is 0 Å². The lowest BCUT2D eigenvalue weighted by Crippen LogP contribution is -2.23. The monoisotopic (exact) mass is 153 g/mol. The summed E-state index contributed by atoms with van der Waals surface area (Å²) in [5.41, 5.74) is 7.53. The average Bonchev–Trinajstić information content (AvgIpc) is 2.47. The maximum Gasteiger partial charge on any atom is 0.142 e. The first-order valence-electron chi connectivity index (χ1n) is 3.79. The Labute approximate surface area is 64.7 Å². The molecular weight excluding hydrogens is 142 g/mol. The first-order chi connectivity index (χ1) is 5.42. The molecule has 4 heteroatoms. The van der Waals surface area contributed by atoms with E-state index < -0.39 is 0 Å². The molecule has 0 unspecified atom stereocenters. The summed E-state index contributed by atoms with van der Waals surface area (Å²) in [6.07, 6.45) is 0.933. The summed E-state index contributed by atoms with van der Waals surface area (Å²) in [5.74, 6) is 1.00. The fourth-order valence-corrected chi connectivity index (χ4v) is 1.35. The van der Waals surface area contributed by atoms with Gasteiger partial charge >= 0.3 is 0 Å². The highest BCUT2D eigenvalue weighted by Gasteiger charge is 2.17. The van der Waals surface area contributed by atoms with Crippen LogP contribution in [0.2, 0.25) is 0 Å². The van der Waals surface area contributed by atoms with Gasteiger partial charge in [0.15, 0.2) is 0 Å². The van der Waals surface area contributed by atoms with Gasteiger partial charge in [0.05, 0.1) is 0 Å². The van der Waals surface area contributed by atoms with Gasteiger partial charge in [-0.1, -0.05) is 5.16 Å². The molecule has 3 N–H and O–H groups in total. The van der Waals surface area contributed by atoms with Crippen LogP contribution in [0.5, 0.6) is 0 Å². The highest BCUT2D eigenvalue weighted by molar-refractivity contribution is 5.24. The van der Waals surface area contributed by atoms with Crippen LogP contribution < -0.4 is 11.1 Å². The second kappa shape index (κ2) is 2.64. The smallest absolute Gasteiger partial charge is 0.142 e. The van der Waals surface area contributed by atoms with Gasteiger partial charge in [0.2, 0.25) is 0 Å². The van der Waals surface area contributed by atoms with E-state index in [0.717, 1.165) is 31.0 Å². The van der Waals surface area contributed by atoms with Gasteiger partial charge < -0.3 is 15.6 Å². The Kier molecular flexibility index (Phi) is 1.63. The van der Waals surface area contributed by atoms with Crippen LogP contribution in [0, 0.1) is 0 Å². The molecule has 2 heterocycles. The van der Waals surface area contributed by atoms with Crippen LogP contribution in [0.15, 0.2) is 4.52 Å². The number of hydrogen-bond donors (Lipinski definition) is 2. The van der Waals surface area contributed by atoms with Gasteiger partial charge in [-0.25, -0.2) is 0 Å². The van der Waals surface area contributed by atoms with E-state index in [2.05, 4.69) is 10.5 Å². The molecule has 0 spiro atoms. The van der Waals surface area contributed by atoms with Gasteiger partial charge in [-0.3, -0.25) is 0 Å². The Morgan fingerprint density at radius 2 is 2.55 bits per heavy atom. The van der Waals surface area contributed by atoms with Crippen molar-refractivity contribution in [2.75, 3.05) is 6.54 Å². The van der Waals surface area contributed by atoms with Gasteiger partial charge in [0, 0.05) is 31.6 Å². The number of nitrogens with one attached hydrogen (secondary N) is 1. The van der Waals surface area contributed by atoms with Crippen molar-refractivity contribution in [1.29, 1.82) is 0 Å². The van der Waals surface area contributed by atoms with E-state index in [4.69, 9.17) is 10.3 Å². The third-order valence-corrected chi connectivity index (χ3v) is 1.97. The molecule has 1 aliphatic rings. The number of nitrogens with zero attached hydrogens (tertiary/aromatic N) is 1. The van der Waals surface area contributed by atoms with Crippen LogP contribution in [-0.2, 0) is 19.5 Å². The molecule has 60 valence electrons. The van der Waals surface area contributed by atoms with Crippen LogP contribution in [0.3, 0.4) is 0 Å². The lowest BCUT2D eigenvalue weighted by molar-refractivity contribution is 0.368. The van der Waals surface area contributed by atoms with E-state index in [1.165, 1.54) is 5.56 Å². The van der Waals surface area contributed by atoms with E-state index in [0.29, 0.717) is 6.54 Å². The maximum absolute atomic E-state index is 5.47. The van der Waals surface area contributed by atoms with Crippen molar-refractivity contribution in [3.63, 3.8) is 0 Å². The zero-order chi connectivity index (χ0) is 7.68. The molecule has 1 aromatic rings. The third-order valence-electron chi connectivity index (χ3n) is 1.97. The minimum atomic E-state index is 0.473. The second-order valence-electron chi connectivity index (χ2n) is 2.66. The van der Waals surface area contributed by atoms with Gasteiger partial charge in [-0.05, 0) is 0 Å². The lowest BCUT2D eigenvalue weighted by atomic mass is 10.1. The van der Waals surface area contributed by atoms with E-state index in [9.17, 15) is 0 Å².